The van der Waals surface area contributed by atoms with Crippen LogP contribution < -0.4 is 0 Å². The van der Waals surface area contributed by atoms with Crippen LogP contribution in [0.5, 0.6) is 0 Å². The van der Waals surface area contributed by atoms with E-state index in [0.717, 1.165) is 24.3 Å². The molecule has 0 aromatic rings. The summed E-state index contributed by atoms with van der Waals surface area (Å²) in [6.45, 7) is 0. The molecular formula is C6H14O2S2. The van der Waals surface area contributed by atoms with Crippen LogP contribution in [0.4, 0.5) is 0 Å². The van der Waals surface area contributed by atoms with Crippen LogP contribution in [0.1, 0.15) is 12.8 Å². The maximum Gasteiger partial charge on any atom is 0.0885 e. The van der Waals surface area contributed by atoms with Crippen molar-refractivity contribution in [2.45, 2.75) is 12.8 Å². The summed E-state index contributed by atoms with van der Waals surface area (Å²) < 4.78 is 0. The molecule has 0 radical (unpaired) electrons. The largest absolute Gasteiger partial charge is 0.386 e. The molecule has 0 aliphatic carbocycles. The zero-order valence-corrected chi connectivity index (χ0v) is 7.59. The van der Waals surface area contributed by atoms with Crippen molar-refractivity contribution in [1.82, 2.24) is 0 Å². The van der Waals surface area contributed by atoms with Crippen LogP contribution in [0.15, 0.2) is 0 Å². The molecule has 10 heavy (non-hydrogen) atoms. The first kappa shape index (κ1) is 10.6. The zero-order valence-electron chi connectivity index (χ0n) is 5.95. The van der Waals surface area contributed by atoms with Gasteiger partial charge in [0.15, 0.2) is 0 Å². The normalized spacial score (nSPS) is 10.2. The summed E-state index contributed by atoms with van der Waals surface area (Å²) in [6, 6.07) is 0. The summed E-state index contributed by atoms with van der Waals surface area (Å²) >= 11 is 3.10. The average Bonchev–Trinajstić information content (AvgIpc) is 1.97. The van der Waals surface area contributed by atoms with Gasteiger partial charge in [-0.25, -0.2) is 0 Å². The Morgan fingerprint density at radius 1 is 0.800 bits per heavy atom. The average molecular weight is 182 g/mol. The number of thioether (sulfide) groups is 2. The topological polar surface area (TPSA) is 40.5 Å². The van der Waals surface area contributed by atoms with Crippen molar-refractivity contribution in [2.75, 3.05) is 23.4 Å². The van der Waals surface area contributed by atoms with Gasteiger partial charge in [-0.05, 0) is 24.3 Å². The number of aliphatic hydroxyl groups is 2. The first-order valence-corrected chi connectivity index (χ1v) is 5.60. The van der Waals surface area contributed by atoms with Crippen molar-refractivity contribution in [3.05, 3.63) is 0 Å². The third-order valence-electron chi connectivity index (χ3n) is 1.01. The van der Waals surface area contributed by atoms with Crippen molar-refractivity contribution in [3.63, 3.8) is 0 Å². The van der Waals surface area contributed by atoms with Gasteiger partial charge in [0.25, 0.3) is 0 Å². The molecule has 0 saturated carbocycles. The highest BCUT2D eigenvalue weighted by atomic mass is 32.2. The van der Waals surface area contributed by atoms with Crippen molar-refractivity contribution in [3.8, 4) is 0 Å². The Labute approximate surface area is 70.4 Å². The van der Waals surface area contributed by atoms with Crippen LogP contribution in [-0.4, -0.2) is 33.6 Å². The van der Waals surface area contributed by atoms with Gasteiger partial charge in [-0.3, -0.25) is 0 Å². The fourth-order valence-electron chi connectivity index (χ4n) is 0.537. The molecule has 0 spiro atoms. The Bertz CT molecular complexity index is 53.7. The lowest BCUT2D eigenvalue weighted by Gasteiger charge is -1.97. The van der Waals surface area contributed by atoms with Gasteiger partial charge in [0.05, 0.1) is 11.9 Å². The Morgan fingerprint density at radius 3 is 1.50 bits per heavy atom. The highest BCUT2D eigenvalue weighted by molar-refractivity contribution is 7.99. The maximum atomic E-state index is 8.39. The van der Waals surface area contributed by atoms with E-state index in [1.165, 1.54) is 0 Å². The molecule has 4 heteroatoms. The molecule has 0 amide bonds. The lowest BCUT2D eigenvalue weighted by atomic mass is 10.4. The van der Waals surface area contributed by atoms with Crippen LogP contribution in [0.25, 0.3) is 0 Å². The predicted molar refractivity (Wildman–Crippen MR) is 48.3 cm³/mol. The number of aliphatic hydroxyl groups excluding tert-OH is 2. The Hall–Kier alpha value is 0.620. The second-order valence-electron chi connectivity index (χ2n) is 1.78. The molecule has 2 N–H and O–H groups in total. The SMILES string of the molecule is OCSCCCCSCO. The van der Waals surface area contributed by atoms with Gasteiger partial charge in [0.1, 0.15) is 0 Å². The molecule has 0 aromatic carbocycles. The molecule has 0 bridgehead atoms. The predicted octanol–water partition coefficient (Wildman–Crippen LogP) is 1.13. The van der Waals surface area contributed by atoms with Crippen LogP contribution >= 0.6 is 23.5 Å². The minimum Gasteiger partial charge on any atom is -0.386 e. The molecule has 0 saturated heterocycles. The summed E-state index contributed by atoms with van der Waals surface area (Å²) in [5, 5.41) is 16.8. The van der Waals surface area contributed by atoms with Crippen LogP contribution in [0.2, 0.25) is 0 Å². The first-order chi connectivity index (χ1) is 4.91. The van der Waals surface area contributed by atoms with E-state index >= 15 is 0 Å². The third kappa shape index (κ3) is 8.62. The quantitative estimate of drug-likeness (QED) is 0.457. The second-order valence-corrected chi connectivity index (χ2v) is 3.93. The minimum atomic E-state index is 0.229. The molecule has 0 atom stereocenters. The second kappa shape index (κ2) is 9.62. The number of hydrogen-bond donors (Lipinski definition) is 2. The van der Waals surface area contributed by atoms with E-state index in [0.29, 0.717) is 0 Å². The van der Waals surface area contributed by atoms with E-state index in [4.69, 9.17) is 10.2 Å². The van der Waals surface area contributed by atoms with E-state index in [2.05, 4.69) is 0 Å². The molecule has 2 nitrogen and oxygen atoms in total. The molecule has 0 aliphatic heterocycles. The standard InChI is InChI=1S/C6H14O2S2/c7-5-9-3-1-2-4-10-6-8/h7-8H,1-6H2. The highest BCUT2D eigenvalue weighted by Crippen LogP contribution is 2.06. The molecule has 62 valence electrons. The van der Waals surface area contributed by atoms with Crippen LogP contribution in [-0.2, 0) is 0 Å². The van der Waals surface area contributed by atoms with Crippen LogP contribution in [0.3, 0.4) is 0 Å². The number of unbranched alkanes of at least 4 members (excludes halogenated alkanes) is 1. The van der Waals surface area contributed by atoms with E-state index < -0.39 is 0 Å². The lowest BCUT2D eigenvalue weighted by molar-refractivity contribution is 0.374. The van der Waals surface area contributed by atoms with Gasteiger partial charge in [-0.15, -0.1) is 23.5 Å². The third-order valence-corrected chi connectivity index (χ3v) is 2.53. The number of rotatable bonds is 7. The Morgan fingerprint density at radius 2 is 1.20 bits per heavy atom. The van der Waals surface area contributed by atoms with E-state index in [9.17, 15) is 0 Å². The van der Waals surface area contributed by atoms with E-state index in [1.54, 1.807) is 23.5 Å². The van der Waals surface area contributed by atoms with Crippen molar-refractivity contribution in [1.29, 1.82) is 0 Å². The molecule has 0 rings (SSSR count). The molecule has 0 heterocycles. The summed E-state index contributed by atoms with van der Waals surface area (Å²) in [5.41, 5.74) is 0. The fraction of sp³-hybridized carbons (Fsp3) is 1.00. The zero-order chi connectivity index (χ0) is 7.66. The van der Waals surface area contributed by atoms with Crippen molar-refractivity contribution < 1.29 is 10.2 Å². The fourth-order valence-corrected chi connectivity index (χ4v) is 1.61. The van der Waals surface area contributed by atoms with Gasteiger partial charge < -0.3 is 10.2 Å². The minimum absolute atomic E-state index is 0.229. The maximum absolute atomic E-state index is 8.39. The highest BCUT2D eigenvalue weighted by Gasteiger charge is 1.88. The van der Waals surface area contributed by atoms with Gasteiger partial charge in [0.2, 0.25) is 0 Å². The molecular weight excluding hydrogens is 168 g/mol. The van der Waals surface area contributed by atoms with Gasteiger partial charge in [-0.2, -0.15) is 0 Å². The van der Waals surface area contributed by atoms with Crippen LogP contribution in [0, 0.1) is 0 Å². The lowest BCUT2D eigenvalue weighted by Crippen LogP contribution is -1.86. The Kier molecular flexibility index (Phi) is 10.2. The van der Waals surface area contributed by atoms with E-state index in [1.807, 2.05) is 0 Å². The summed E-state index contributed by atoms with van der Waals surface area (Å²) in [4.78, 5) is 0. The van der Waals surface area contributed by atoms with Gasteiger partial charge >= 0.3 is 0 Å². The Balaban J connectivity index is 2.65. The summed E-state index contributed by atoms with van der Waals surface area (Å²) in [6.07, 6.45) is 2.27. The monoisotopic (exact) mass is 182 g/mol. The smallest absolute Gasteiger partial charge is 0.0885 e. The molecule has 0 aliphatic rings. The molecule has 0 fully saturated rings. The van der Waals surface area contributed by atoms with Gasteiger partial charge in [0, 0.05) is 0 Å². The number of hydrogen-bond acceptors (Lipinski definition) is 4. The van der Waals surface area contributed by atoms with Crippen molar-refractivity contribution in [2.24, 2.45) is 0 Å². The first-order valence-electron chi connectivity index (χ1n) is 3.29. The van der Waals surface area contributed by atoms with Crippen molar-refractivity contribution >= 4 is 23.5 Å². The summed E-state index contributed by atoms with van der Waals surface area (Å²) in [7, 11) is 0. The summed E-state index contributed by atoms with van der Waals surface area (Å²) in [5.74, 6) is 2.52. The molecule has 0 unspecified atom stereocenters. The van der Waals surface area contributed by atoms with E-state index in [-0.39, 0.29) is 11.9 Å². The molecule has 0 aromatic heterocycles. The van der Waals surface area contributed by atoms with Gasteiger partial charge in [-0.1, -0.05) is 0 Å².